The van der Waals surface area contributed by atoms with Crippen LogP contribution in [0.3, 0.4) is 0 Å². The van der Waals surface area contributed by atoms with E-state index in [-0.39, 0.29) is 5.92 Å². The van der Waals surface area contributed by atoms with Crippen molar-refractivity contribution in [3.8, 4) is 0 Å². The summed E-state index contributed by atoms with van der Waals surface area (Å²) in [6.45, 7) is 8.06. The molecule has 0 aliphatic rings. The van der Waals surface area contributed by atoms with Crippen LogP contribution in [-0.2, 0) is 5.60 Å². The Bertz CT molecular complexity index is 393. The van der Waals surface area contributed by atoms with Gasteiger partial charge in [0.1, 0.15) is 5.60 Å². The smallest absolute Gasteiger partial charge is 0.114 e. The van der Waals surface area contributed by atoms with Crippen molar-refractivity contribution < 1.29 is 5.11 Å². The summed E-state index contributed by atoms with van der Waals surface area (Å²) in [6, 6.07) is 9.87. The molecular weight excluding hydrogens is 232 g/mol. The molecule has 1 aromatic rings. The monoisotopic (exact) mass is 258 g/mol. The third kappa shape index (κ3) is 4.07. The van der Waals surface area contributed by atoms with Crippen molar-refractivity contribution in [2.24, 2.45) is 5.92 Å². The van der Waals surface area contributed by atoms with Gasteiger partial charge in [0, 0.05) is 5.92 Å². The number of allylic oxidation sites excluding steroid dienone is 1. The van der Waals surface area contributed by atoms with Crippen molar-refractivity contribution in [1.29, 1.82) is 0 Å². The van der Waals surface area contributed by atoms with Gasteiger partial charge < -0.3 is 5.11 Å². The minimum atomic E-state index is -0.939. The second kappa shape index (κ2) is 7.96. The summed E-state index contributed by atoms with van der Waals surface area (Å²) in [5, 5.41) is 11.1. The number of unbranched alkanes of at least 4 members (excludes halogenated alkanes) is 2. The van der Waals surface area contributed by atoms with Crippen LogP contribution in [-0.4, -0.2) is 5.11 Å². The quantitative estimate of drug-likeness (QED) is 0.523. The average molecular weight is 258 g/mol. The van der Waals surface area contributed by atoms with Crippen LogP contribution in [0, 0.1) is 5.92 Å². The molecule has 19 heavy (non-hydrogen) atoms. The molecule has 0 radical (unpaired) electrons. The van der Waals surface area contributed by atoms with Gasteiger partial charge >= 0.3 is 0 Å². The second-order valence-corrected chi connectivity index (χ2v) is 5.03. The lowest BCUT2D eigenvalue weighted by molar-refractivity contribution is 0.0399. The van der Waals surface area contributed by atoms with E-state index < -0.39 is 5.60 Å². The maximum Gasteiger partial charge on any atom is 0.114 e. The topological polar surface area (TPSA) is 20.2 Å². The molecule has 0 saturated carbocycles. The van der Waals surface area contributed by atoms with Crippen LogP contribution in [0.1, 0.15) is 45.1 Å². The maximum absolute atomic E-state index is 11.1. The van der Waals surface area contributed by atoms with E-state index in [0.29, 0.717) is 0 Å². The predicted octanol–water partition coefficient (Wildman–Crippen LogP) is 4.83. The van der Waals surface area contributed by atoms with Crippen LogP contribution >= 0.6 is 0 Å². The van der Waals surface area contributed by atoms with E-state index in [1.807, 2.05) is 55.5 Å². The normalized spacial score (nSPS) is 16.2. The van der Waals surface area contributed by atoms with Gasteiger partial charge in [-0.3, -0.25) is 0 Å². The summed E-state index contributed by atoms with van der Waals surface area (Å²) in [6.07, 6.45) is 10.2. The van der Waals surface area contributed by atoms with E-state index in [9.17, 15) is 5.11 Å². The van der Waals surface area contributed by atoms with E-state index in [2.05, 4.69) is 13.5 Å². The Morgan fingerprint density at radius 3 is 2.47 bits per heavy atom. The molecule has 2 atom stereocenters. The Hall–Kier alpha value is -1.34. The molecule has 0 bridgehead atoms. The molecule has 0 aliphatic heterocycles. The number of benzene rings is 1. The Balaban J connectivity index is 2.99. The molecule has 1 aromatic carbocycles. The van der Waals surface area contributed by atoms with E-state index in [4.69, 9.17) is 0 Å². The molecule has 1 heteroatoms. The molecule has 1 unspecified atom stereocenters. The fraction of sp³-hybridized carbons (Fsp3) is 0.444. The van der Waals surface area contributed by atoms with Gasteiger partial charge in [0.25, 0.3) is 0 Å². The van der Waals surface area contributed by atoms with Crippen molar-refractivity contribution >= 4 is 0 Å². The maximum atomic E-state index is 11.1. The number of hydrogen-bond acceptors (Lipinski definition) is 1. The lowest BCUT2D eigenvalue weighted by atomic mass is 9.78. The van der Waals surface area contributed by atoms with Gasteiger partial charge in [0.15, 0.2) is 0 Å². The van der Waals surface area contributed by atoms with Crippen LogP contribution < -0.4 is 0 Å². The Morgan fingerprint density at radius 2 is 1.95 bits per heavy atom. The van der Waals surface area contributed by atoms with Gasteiger partial charge in [0.2, 0.25) is 0 Å². The van der Waals surface area contributed by atoms with Crippen LogP contribution in [0.5, 0.6) is 0 Å². The molecular formula is C18H26O. The molecule has 0 heterocycles. The summed E-state index contributed by atoms with van der Waals surface area (Å²) >= 11 is 0. The van der Waals surface area contributed by atoms with E-state index >= 15 is 0 Å². The molecule has 1 nitrogen and oxygen atoms in total. The van der Waals surface area contributed by atoms with Crippen molar-refractivity contribution in [3.63, 3.8) is 0 Å². The van der Waals surface area contributed by atoms with Gasteiger partial charge in [-0.15, -0.1) is 6.58 Å². The first kappa shape index (κ1) is 15.7. The molecule has 0 aromatic heterocycles. The van der Waals surface area contributed by atoms with Gasteiger partial charge in [-0.2, -0.15) is 0 Å². The highest BCUT2D eigenvalue weighted by Crippen LogP contribution is 2.35. The summed E-state index contributed by atoms with van der Waals surface area (Å²) < 4.78 is 0. The van der Waals surface area contributed by atoms with Crippen LogP contribution in [0.2, 0.25) is 0 Å². The zero-order valence-electron chi connectivity index (χ0n) is 12.2. The van der Waals surface area contributed by atoms with Crippen molar-refractivity contribution in [2.45, 2.75) is 45.1 Å². The lowest BCUT2D eigenvalue weighted by Gasteiger charge is -2.32. The Kier molecular flexibility index (Phi) is 6.58. The van der Waals surface area contributed by atoms with Gasteiger partial charge in [-0.25, -0.2) is 0 Å². The standard InChI is InChI=1S/C18H26O/c1-4-7-9-12-16(6-3)18(19,15-5-2)17-13-10-8-11-14-17/h5-6,8,10-11,13-16,19H,3-4,7,9,12H2,1-2H3/b15-5+/t16?,18-/m0/s1. The fourth-order valence-electron chi connectivity index (χ4n) is 2.52. The molecule has 0 spiro atoms. The summed E-state index contributed by atoms with van der Waals surface area (Å²) in [7, 11) is 0. The van der Waals surface area contributed by atoms with Gasteiger partial charge in [0.05, 0.1) is 0 Å². The van der Waals surface area contributed by atoms with Crippen molar-refractivity contribution in [2.75, 3.05) is 0 Å². The number of hydrogen-bond donors (Lipinski definition) is 1. The van der Waals surface area contributed by atoms with E-state index in [1.54, 1.807) is 0 Å². The highest BCUT2D eigenvalue weighted by molar-refractivity contribution is 5.29. The Morgan fingerprint density at radius 1 is 1.26 bits per heavy atom. The summed E-state index contributed by atoms with van der Waals surface area (Å²) in [5.41, 5.74) is 0.000364. The molecule has 0 amide bonds. The summed E-state index contributed by atoms with van der Waals surface area (Å²) in [4.78, 5) is 0. The molecule has 0 saturated heterocycles. The van der Waals surface area contributed by atoms with Crippen LogP contribution in [0.4, 0.5) is 0 Å². The zero-order valence-corrected chi connectivity index (χ0v) is 12.2. The van der Waals surface area contributed by atoms with Crippen LogP contribution in [0.25, 0.3) is 0 Å². The minimum absolute atomic E-state index is 0.0534. The van der Waals surface area contributed by atoms with E-state index in [0.717, 1.165) is 18.4 Å². The van der Waals surface area contributed by atoms with Gasteiger partial charge in [-0.1, -0.05) is 74.7 Å². The first-order valence-electron chi connectivity index (χ1n) is 7.23. The third-order valence-electron chi connectivity index (χ3n) is 3.63. The van der Waals surface area contributed by atoms with Gasteiger partial charge in [-0.05, 0) is 18.9 Å². The van der Waals surface area contributed by atoms with Crippen LogP contribution in [0.15, 0.2) is 55.1 Å². The molecule has 104 valence electrons. The minimum Gasteiger partial charge on any atom is -0.380 e. The SMILES string of the molecule is C=CC(CCCCC)[C@@](O)(/C=C/C)c1ccccc1. The first-order chi connectivity index (χ1) is 9.19. The fourth-order valence-corrected chi connectivity index (χ4v) is 2.52. The van der Waals surface area contributed by atoms with E-state index in [1.165, 1.54) is 12.8 Å². The number of rotatable bonds is 8. The molecule has 0 fully saturated rings. The highest BCUT2D eigenvalue weighted by atomic mass is 16.3. The zero-order chi connectivity index (χ0) is 14.1. The lowest BCUT2D eigenvalue weighted by Crippen LogP contribution is -2.32. The van der Waals surface area contributed by atoms with Crippen molar-refractivity contribution in [1.82, 2.24) is 0 Å². The summed E-state index contributed by atoms with van der Waals surface area (Å²) in [5.74, 6) is 0.0534. The average Bonchev–Trinajstić information content (AvgIpc) is 2.45. The largest absolute Gasteiger partial charge is 0.380 e. The molecule has 1 rings (SSSR count). The van der Waals surface area contributed by atoms with Crippen molar-refractivity contribution in [3.05, 3.63) is 60.7 Å². The molecule has 1 N–H and O–H groups in total. The third-order valence-corrected chi connectivity index (χ3v) is 3.63. The highest BCUT2D eigenvalue weighted by Gasteiger charge is 2.33. The number of aliphatic hydroxyl groups is 1. The predicted molar refractivity (Wildman–Crippen MR) is 83.0 cm³/mol. The first-order valence-corrected chi connectivity index (χ1v) is 7.23. The Labute approximate surface area is 117 Å². The molecule has 0 aliphatic carbocycles. The second-order valence-electron chi connectivity index (χ2n) is 5.03.